The largest absolute Gasteiger partial charge is 0.446 e. The number of oxazole rings is 1. The quantitative estimate of drug-likeness (QED) is 0.712. The lowest BCUT2D eigenvalue weighted by Crippen LogP contribution is -2.38. The van der Waals surface area contributed by atoms with E-state index in [9.17, 15) is 9.59 Å². The molecule has 1 N–H and O–H groups in total. The SMILES string of the molecule is CC(C)(C)CC(=O)N(Cc1nc(C(=O)NCC2CCCO2)co1)CC1CCCO1. The molecule has 2 aliphatic rings. The highest BCUT2D eigenvalue weighted by Crippen LogP contribution is 2.22. The van der Waals surface area contributed by atoms with E-state index in [0.29, 0.717) is 25.4 Å². The number of aromatic nitrogens is 1. The highest BCUT2D eigenvalue weighted by atomic mass is 16.5. The Morgan fingerprint density at radius 1 is 1.17 bits per heavy atom. The fourth-order valence-corrected chi connectivity index (χ4v) is 3.61. The Bertz CT molecular complexity index is 685. The number of amides is 2. The minimum atomic E-state index is -0.290. The molecular weight excluding hydrogens is 374 g/mol. The molecule has 8 heteroatoms. The minimum Gasteiger partial charge on any atom is -0.446 e. The first-order chi connectivity index (χ1) is 13.8. The van der Waals surface area contributed by atoms with Crippen LogP contribution in [0.3, 0.4) is 0 Å². The van der Waals surface area contributed by atoms with Crippen molar-refractivity contribution in [2.45, 2.75) is 71.6 Å². The van der Waals surface area contributed by atoms with Gasteiger partial charge in [-0.3, -0.25) is 9.59 Å². The molecule has 2 atom stereocenters. The molecular formula is C21H33N3O5. The second kappa shape index (κ2) is 9.71. The van der Waals surface area contributed by atoms with Crippen molar-refractivity contribution in [3.8, 4) is 0 Å². The summed E-state index contributed by atoms with van der Waals surface area (Å²) in [5.74, 6) is 0.102. The van der Waals surface area contributed by atoms with Crippen molar-refractivity contribution in [3.63, 3.8) is 0 Å². The van der Waals surface area contributed by atoms with Crippen LogP contribution in [0.5, 0.6) is 0 Å². The van der Waals surface area contributed by atoms with Gasteiger partial charge in [-0.2, -0.15) is 0 Å². The van der Waals surface area contributed by atoms with Crippen molar-refractivity contribution in [2.24, 2.45) is 5.41 Å². The van der Waals surface area contributed by atoms with Crippen LogP contribution in [0.1, 0.15) is 69.3 Å². The highest BCUT2D eigenvalue weighted by Gasteiger charge is 2.27. The van der Waals surface area contributed by atoms with Crippen LogP contribution in [0.15, 0.2) is 10.7 Å². The molecule has 2 aliphatic heterocycles. The van der Waals surface area contributed by atoms with E-state index in [1.807, 2.05) is 20.8 Å². The van der Waals surface area contributed by atoms with Crippen molar-refractivity contribution in [2.75, 3.05) is 26.3 Å². The van der Waals surface area contributed by atoms with E-state index in [1.54, 1.807) is 4.90 Å². The van der Waals surface area contributed by atoms with Crippen LogP contribution in [0.4, 0.5) is 0 Å². The molecule has 2 unspecified atom stereocenters. The normalized spacial score (nSPS) is 22.0. The van der Waals surface area contributed by atoms with E-state index in [-0.39, 0.29) is 41.7 Å². The summed E-state index contributed by atoms with van der Waals surface area (Å²) in [5.41, 5.74) is 0.105. The van der Waals surface area contributed by atoms with Crippen molar-refractivity contribution in [3.05, 3.63) is 17.8 Å². The lowest BCUT2D eigenvalue weighted by molar-refractivity contribution is -0.135. The predicted octanol–water partition coefficient (Wildman–Crippen LogP) is 2.53. The van der Waals surface area contributed by atoms with Gasteiger partial charge in [0.05, 0.1) is 18.8 Å². The van der Waals surface area contributed by atoms with Gasteiger partial charge in [0, 0.05) is 32.7 Å². The highest BCUT2D eigenvalue weighted by molar-refractivity contribution is 5.91. The zero-order valence-electron chi connectivity index (χ0n) is 17.7. The Balaban J connectivity index is 1.59. The number of ether oxygens (including phenoxy) is 2. The number of rotatable bonds is 8. The van der Waals surface area contributed by atoms with Crippen molar-refractivity contribution < 1.29 is 23.5 Å². The molecule has 8 nitrogen and oxygen atoms in total. The van der Waals surface area contributed by atoms with Crippen molar-refractivity contribution >= 4 is 11.8 Å². The van der Waals surface area contributed by atoms with E-state index >= 15 is 0 Å². The number of nitrogens with zero attached hydrogens (tertiary/aromatic N) is 2. The molecule has 3 rings (SSSR count). The monoisotopic (exact) mass is 407 g/mol. The smallest absolute Gasteiger partial charge is 0.273 e. The summed E-state index contributed by atoms with van der Waals surface area (Å²) in [7, 11) is 0. The van der Waals surface area contributed by atoms with Gasteiger partial charge in [0.25, 0.3) is 5.91 Å². The Labute approximate surface area is 172 Å². The predicted molar refractivity (Wildman–Crippen MR) is 106 cm³/mol. The summed E-state index contributed by atoms with van der Waals surface area (Å²) in [6, 6.07) is 0. The Morgan fingerprint density at radius 3 is 2.48 bits per heavy atom. The van der Waals surface area contributed by atoms with E-state index in [2.05, 4.69) is 10.3 Å². The molecule has 1 aromatic heterocycles. The summed E-state index contributed by atoms with van der Waals surface area (Å²) in [6.07, 6.45) is 5.83. The van der Waals surface area contributed by atoms with E-state index in [4.69, 9.17) is 13.9 Å². The lowest BCUT2D eigenvalue weighted by Gasteiger charge is -2.27. The Kier molecular flexibility index (Phi) is 7.29. The molecule has 162 valence electrons. The minimum absolute atomic E-state index is 0.0376. The zero-order chi connectivity index (χ0) is 20.9. The Hall–Kier alpha value is -1.93. The van der Waals surface area contributed by atoms with Crippen LogP contribution < -0.4 is 5.32 Å². The first kappa shape index (κ1) is 21.8. The molecule has 0 bridgehead atoms. The van der Waals surface area contributed by atoms with Gasteiger partial charge in [-0.05, 0) is 31.1 Å². The number of hydrogen-bond donors (Lipinski definition) is 1. The average molecular weight is 408 g/mol. The van der Waals surface area contributed by atoms with E-state index in [1.165, 1.54) is 6.26 Å². The molecule has 0 saturated carbocycles. The number of carbonyl (C=O) groups is 2. The van der Waals surface area contributed by atoms with Crippen LogP contribution >= 0.6 is 0 Å². The maximum atomic E-state index is 12.8. The second-order valence-corrected chi connectivity index (χ2v) is 9.12. The third-order valence-corrected chi connectivity index (χ3v) is 5.11. The zero-order valence-corrected chi connectivity index (χ0v) is 17.7. The third kappa shape index (κ3) is 6.82. The van der Waals surface area contributed by atoms with E-state index < -0.39 is 0 Å². The number of carbonyl (C=O) groups excluding carboxylic acids is 2. The second-order valence-electron chi connectivity index (χ2n) is 9.12. The molecule has 29 heavy (non-hydrogen) atoms. The van der Waals surface area contributed by atoms with Crippen LogP contribution in [0, 0.1) is 5.41 Å². The first-order valence-electron chi connectivity index (χ1n) is 10.5. The van der Waals surface area contributed by atoms with Gasteiger partial charge in [0.1, 0.15) is 6.26 Å². The summed E-state index contributed by atoms with van der Waals surface area (Å²) < 4.78 is 16.7. The fourth-order valence-electron chi connectivity index (χ4n) is 3.61. The molecule has 3 heterocycles. The molecule has 2 amide bonds. The maximum Gasteiger partial charge on any atom is 0.273 e. The van der Waals surface area contributed by atoms with Crippen molar-refractivity contribution in [1.82, 2.24) is 15.2 Å². The van der Waals surface area contributed by atoms with Gasteiger partial charge < -0.3 is 24.1 Å². The van der Waals surface area contributed by atoms with Crippen LogP contribution in [-0.2, 0) is 20.8 Å². The Morgan fingerprint density at radius 2 is 1.86 bits per heavy atom. The van der Waals surface area contributed by atoms with Crippen LogP contribution in [0.25, 0.3) is 0 Å². The topological polar surface area (TPSA) is 93.9 Å². The van der Waals surface area contributed by atoms with Crippen molar-refractivity contribution in [1.29, 1.82) is 0 Å². The fraction of sp³-hybridized carbons (Fsp3) is 0.762. The summed E-state index contributed by atoms with van der Waals surface area (Å²) >= 11 is 0. The maximum absolute atomic E-state index is 12.8. The van der Waals surface area contributed by atoms with Crippen LogP contribution in [-0.4, -0.2) is 60.2 Å². The molecule has 0 aromatic carbocycles. The summed E-state index contributed by atoms with van der Waals surface area (Å²) in [5, 5.41) is 2.83. The van der Waals surface area contributed by atoms with Gasteiger partial charge in [0.15, 0.2) is 5.69 Å². The summed E-state index contributed by atoms with van der Waals surface area (Å²) in [6.45, 7) is 8.81. The molecule has 1 aromatic rings. The molecule has 2 fully saturated rings. The molecule has 0 aliphatic carbocycles. The molecule has 2 saturated heterocycles. The average Bonchev–Trinajstić information content (AvgIpc) is 3.40. The van der Waals surface area contributed by atoms with E-state index in [0.717, 1.165) is 38.9 Å². The van der Waals surface area contributed by atoms with Gasteiger partial charge in [0.2, 0.25) is 11.8 Å². The molecule has 0 radical (unpaired) electrons. The number of hydrogen-bond acceptors (Lipinski definition) is 6. The van der Waals surface area contributed by atoms with Gasteiger partial charge in [-0.15, -0.1) is 0 Å². The first-order valence-corrected chi connectivity index (χ1v) is 10.5. The number of nitrogens with one attached hydrogen (secondary N) is 1. The van der Waals surface area contributed by atoms with Gasteiger partial charge >= 0.3 is 0 Å². The third-order valence-electron chi connectivity index (χ3n) is 5.11. The van der Waals surface area contributed by atoms with Gasteiger partial charge in [-0.1, -0.05) is 20.8 Å². The summed E-state index contributed by atoms with van der Waals surface area (Å²) in [4.78, 5) is 31.2. The standard InChI is InChI=1S/C21H33N3O5/c1-21(2,3)10-19(25)24(12-16-7-5-9-28-16)13-18-23-17(14-29-18)20(26)22-11-15-6-4-8-27-15/h14-16H,4-13H2,1-3H3,(H,22,26). The molecule has 0 spiro atoms. The van der Waals surface area contributed by atoms with Gasteiger partial charge in [-0.25, -0.2) is 4.98 Å². The van der Waals surface area contributed by atoms with Crippen LogP contribution in [0.2, 0.25) is 0 Å². The lowest BCUT2D eigenvalue weighted by atomic mass is 9.91.